The van der Waals surface area contributed by atoms with Crippen LogP contribution in [0.1, 0.15) is 5.56 Å². The van der Waals surface area contributed by atoms with E-state index in [4.69, 9.17) is 4.74 Å². The summed E-state index contributed by atoms with van der Waals surface area (Å²) in [5.74, 6) is 1.82. The minimum Gasteiger partial charge on any atom is -0.496 e. The van der Waals surface area contributed by atoms with Crippen molar-refractivity contribution >= 4 is 43.6 Å². The van der Waals surface area contributed by atoms with Crippen molar-refractivity contribution in [3.63, 3.8) is 0 Å². The summed E-state index contributed by atoms with van der Waals surface area (Å²) < 4.78 is 7.33. The van der Waals surface area contributed by atoms with Crippen molar-refractivity contribution in [2.24, 2.45) is 0 Å². The third-order valence-corrected chi connectivity index (χ3v) is 4.67. The average Bonchev–Trinajstić information content (AvgIpc) is 2.38. The fourth-order valence-corrected chi connectivity index (χ4v) is 3.19. The molecule has 4 heteroatoms. The van der Waals surface area contributed by atoms with E-state index in [-0.39, 0.29) is 0 Å². The Hall–Kier alpha value is -0.450. The molecule has 0 saturated heterocycles. The monoisotopic (exact) mass is 386 g/mol. The molecule has 94 valence electrons. The van der Waals surface area contributed by atoms with Crippen LogP contribution >= 0.6 is 43.6 Å². The molecule has 1 nitrogen and oxygen atoms in total. The lowest BCUT2D eigenvalue weighted by atomic mass is 10.2. The van der Waals surface area contributed by atoms with Gasteiger partial charge in [0.2, 0.25) is 0 Å². The highest BCUT2D eigenvalue weighted by molar-refractivity contribution is 9.10. The number of thioether (sulfide) groups is 1. The summed E-state index contributed by atoms with van der Waals surface area (Å²) in [5, 5.41) is 0. The summed E-state index contributed by atoms with van der Waals surface area (Å²) in [6.45, 7) is 0. The molecule has 0 aliphatic carbocycles. The highest BCUT2D eigenvalue weighted by Gasteiger charge is 2.02. The zero-order chi connectivity index (χ0) is 13.0. The van der Waals surface area contributed by atoms with Crippen molar-refractivity contribution in [3.8, 4) is 5.75 Å². The predicted molar refractivity (Wildman–Crippen MR) is 84.4 cm³/mol. The standard InChI is InChI=1S/C14H12Br2OS/c1-17-14-7-2-10(8-13(14)16)9-18-12-5-3-11(15)4-6-12/h2-8H,9H2,1H3. The van der Waals surface area contributed by atoms with Crippen molar-refractivity contribution in [2.45, 2.75) is 10.6 Å². The second-order valence-electron chi connectivity index (χ2n) is 3.71. The van der Waals surface area contributed by atoms with Gasteiger partial charge in [-0.3, -0.25) is 0 Å². The molecule has 0 radical (unpaired) electrons. The second-order valence-corrected chi connectivity index (χ2v) is 6.53. The first kappa shape index (κ1) is 14.0. The molecule has 0 atom stereocenters. The minimum atomic E-state index is 0.868. The summed E-state index contributed by atoms with van der Waals surface area (Å²) in [7, 11) is 1.68. The fraction of sp³-hybridized carbons (Fsp3) is 0.143. The van der Waals surface area contributed by atoms with Crippen LogP contribution in [0.3, 0.4) is 0 Å². The van der Waals surface area contributed by atoms with Crippen molar-refractivity contribution in [1.29, 1.82) is 0 Å². The molecule has 2 aromatic carbocycles. The Bertz CT molecular complexity index is 526. The number of halogens is 2. The minimum absolute atomic E-state index is 0.868. The number of rotatable bonds is 4. The van der Waals surface area contributed by atoms with Crippen LogP contribution in [0.5, 0.6) is 5.75 Å². The Morgan fingerprint density at radius 3 is 2.39 bits per heavy atom. The van der Waals surface area contributed by atoms with Crippen LogP contribution in [0.4, 0.5) is 0 Å². The van der Waals surface area contributed by atoms with Crippen molar-refractivity contribution < 1.29 is 4.74 Å². The van der Waals surface area contributed by atoms with E-state index in [1.807, 2.05) is 17.8 Å². The molecule has 0 spiro atoms. The number of ether oxygens (including phenoxy) is 1. The molecule has 0 unspecified atom stereocenters. The van der Waals surface area contributed by atoms with E-state index < -0.39 is 0 Å². The highest BCUT2D eigenvalue weighted by Crippen LogP contribution is 2.29. The summed E-state index contributed by atoms with van der Waals surface area (Å²) in [6.07, 6.45) is 0. The molecule has 0 saturated carbocycles. The van der Waals surface area contributed by atoms with Gasteiger partial charge in [-0.1, -0.05) is 22.0 Å². The molecule has 0 aromatic heterocycles. The van der Waals surface area contributed by atoms with Gasteiger partial charge in [0.1, 0.15) is 5.75 Å². The Morgan fingerprint density at radius 2 is 1.78 bits per heavy atom. The Morgan fingerprint density at radius 1 is 1.06 bits per heavy atom. The quantitative estimate of drug-likeness (QED) is 0.639. The number of hydrogen-bond acceptors (Lipinski definition) is 2. The fourth-order valence-electron chi connectivity index (χ4n) is 1.50. The summed E-state index contributed by atoms with van der Waals surface area (Å²) >= 11 is 8.76. The lowest BCUT2D eigenvalue weighted by molar-refractivity contribution is 0.412. The summed E-state index contributed by atoms with van der Waals surface area (Å²) in [4.78, 5) is 1.27. The summed E-state index contributed by atoms with van der Waals surface area (Å²) in [6, 6.07) is 14.5. The maximum absolute atomic E-state index is 5.22. The predicted octanol–water partition coefficient (Wildman–Crippen LogP) is 5.51. The van der Waals surface area contributed by atoms with E-state index >= 15 is 0 Å². The Balaban J connectivity index is 2.02. The van der Waals surface area contributed by atoms with Gasteiger partial charge in [0.25, 0.3) is 0 Å². The van der Waals surface area contributed by atoms with E-state index in [9.17, 15) is 0 Å². The van der Waals surface area contributed by atoms with Crippen molar-refractivity contribution in [3.05, 3.63) is 57.0 Å². The van der Waals surface area contributed by atoms with Crippen LogP contribution in [0, 0.1) is 0 Å². The topological polar surface area (TPSA) is 9.23 Å². The van der Waals surface area contributed by atoms with Gasteiger partial charge in [-0.15, -0.1) is 11.8 Å². The molecule has 0 fully saturated rings. The van der Waals surface area contributed by atoms with Gasteiger partial charge in [0, 0.05) is 15.1 Å². The number of benzene rings is 2. The van der Waals surface area contributed by atoms with Crippen LogP contribution in [-0.2, 0) is 5.75 Å². The van der Waals surface area contributed by atoms with Crippen LogP contribution in [0.15, 0.2) is 56.3 Å². The largest absolute Gasteiger partial charge is 0.496 e. The Kier molecular flexibility index (Phi) is 5.15. The molecule has 0 bridgehead atoms. The van der Waals surface area contributed by atoms with Gasteiger partial charge in [-0.2, -0.15) is 0 Å². The molecule has 0 amide bonds. The zero-order valence-electron chi connectivity index (χ0n) is 9.82. The van der Waals surface area contributed by atoms with E-state index in [0.717, 1.165) is 20.4 Å². The third kappa shape index (κ3) is 3.77. The highest BCUT2D eigenvalue weighted by atomic mass is 79.9. The second kappa shape index (κ2) is 6.64. The van der Waals surface area contributed by atoms with Gasteiger partial charge in [0.15, 0.2) is 0 Å². The molecular formula is C14H12Br2OS. The maximum atomic E-state index is 5.22. The van der Waals surface area contributed by atoms with Crippen molar-refractivity contribution in [1.82, 2.24) is 0 Å². The third-order valence-electron chi connectivity index (χ3n) is 2.44. The molecule has 0 aliphatic heterocycles. The summed E-state index contributed by atoms with van der Waals surface area (Å²) in [5.41, 5.74) is 1.27. The molecule has 0 aliphatic rings. The number of methoxy groups -OCH3 is 1. The molecular weight excluding hydrogens is 376 g/mol. The van der Waals surface area contributed by atoms with Gasteiger partial charge in [-0.25, -0.2) is 0 Å². The van der Waals surface area contributed by atoms with Crippen LogP contribution in [0.2, 0.25) is 0 Å². The van der Waals surface area contributed by atoms with Crippen LogP contribution in [0.25, 0.3) is 0 Å². The van der Waals surface area contributed by atoms with Gasteiger partial charge >= 0.3 is 0 Å². The van der Waals surface area contributed by atoms with Gasteiger partial charge in [0.05, 0.1) is 11.6 Å². The normalized spacial score (nSPS) is 10.4. The van der Waals surface area contributed by atoms with E-state index in [0.29, 0.717) is 0 Å². The smallest absolute Gasteiger partial charge is 0.133 e. The Labute approximate surface area is 128 Å². The lowest BCUT2D eigenvalue weighted by Crippen LogP contribution is -1.86. The SMILES string of the molecule is COc1ccc(CSc2ccc(Br)cc2)cc1Br. The molecule has 0 heterocycles. The number of hydrogen-bond donors (Lipinski definition) is 0. The van der Waals surface area contributed by atoms with Crippen molar-refractivity contribution in [2.75, 3.05) is 7.11 Å². The lowest BCUT2D eigenvalue weighted by Gasteiger charge is -2.06. The first-order chi connectivity index (χ1) is 8.69. The molecule has 0 N–H and O–H groups in total. The molecule has 2 aromatic rings. The zero-order valence-corrected chi connectivity index (χ0v) is 13.8. The van der Waals surface area contributed by atoms with E-state index in [2.05, 4.69) is 68.3 Å². The molecule has 2 rings (SSSR count). The maximum Gasteiger partial charge on any atom is 0.133 e. The average molecular weight is 388 g/mol. The van der Waals surface area contributed by atoms with Gasteiger partial charge in [-0.05, 0) is 57.9 Å². The first-order valence-electron chi connectivity index (χ1n) is 5.40. The first-order valence-corrected chi connectivity index (χ1v) is 7.97. The molecule has 18 heavy (non-hydrogen) atoms. The van der Waals surface area contributed by atoms with Gasteiger partial charge < -0.3 is 4.74 Å². The van der Waals surface area contributed by atoms with E-state index in [1.165, 1.54) is 10.5 Å². The van der Waals surface area contributed by atoms with E-state index in [1.54, 1.807) is 7.11 Å². The van der Waals surface area contributed by atoms with Crippen LogP contribution < -0.4 is 4.74 Å². The van der Waals surface area contributed by atoms with Crippen LogP contribution in [-0.4, -0.2) is 7.11 Å².